The lowest BCUT2D eigenvalue weighted by Gasteiger charge is -2.18. The molecule has 0 spiro atoms. The summed E-state index contributed by atoms with van der Waals surface area (Å²) < 4.78 is 4.80. The third-order valence-electron chi connectivity index (χ3n) is 1.28. The van der Waals surface area contributed by atoms with Gasteiger partial charge in [-0.3, -0.25) is 0 Å². The molecule has 0 bridgehead atoms. The highest BCUT2D eigenvalue weighted by atomic mass is 16.5. The van der Waals surface area contributed by atoms with Gasteiger partial charge in [-0.05, 0) is 6.92 Å². The lowest BCUT2D eigenvalue weighted by molar-refractivity contribution is -0.138. The maximum absolute atomic E-state index is 10.1. The van der Waals surface area contributed by atoms with Crippen LogP contribution >= 0.6 is 0 Å². The molecule has 5 nitrogen and oxygen atoms in total. The Kier molecular flexibility index (Phi) is 5.44. The van der Waals surface area contributed by atoms with Gasteiger partial charge in [0.1, 0.15) is 24.6 Å². The zero-order valence-electron chi connectivity index (χ0n) is 6.71. The summed E-state index contributed by atoms with van der Waals surface area (Å²) in [5.74, 6) is 0. The molecule has 0 aromatic heterocycles. The van der Waals surface area contributed by atoms with Gasteiger partial charge in [-0.2, -0.15) is 0 Å². The van der Waals surface area contributed by atoms with Crippen LogP contribution in [0.4, 0.5) is 0 Å². The summed E-state index contributed by atoms with van der Waals surface area (Å²) in [6, 6.07) is 0. The second-order valence-electron chi connectivity index (χ2n) is 2.32. The first-order valence-electron chi connectivity index (χ1n) is 3.50. The normalized spacial score (nSPS) is 17.9. The predicted molar refractivity (Wildman–Crippen MR) is 39.6 cm³/mol. The van der Waals surface area contributed by atoms with E-state index in [1.807, 2.05) is 0 Å². The third kappa shape index (κ3) is 3.56. The van der Waals surface area contributed by atoms with E-state index in [0.717, 1.165) is 0 Å². The summed E-state index contributed by atoms with van der Waals surface area (Å²) in [5, 5.41) is 17.5. The molecule has 0 radical (unpaired) electrons. The van der Waals surface area contributed by atoms with Crippen LogP contribution in [-0.4, -0.2) is 47.7 Å². The molecule has 0 aliphatic rings. The zero-order chi connectivity index (χ0) is 9.56. The average Bonchev–Trinajstić information content (AvgIpc) is 2.12. The fraction of sp³-hybridized carbons (Fsp3) is 0.714. The van der Waals surface area contributed by atoms with Crippen LogP contribution in [0.2, 0.25) is 0 Å². The number of rotatable bonds is 6. The molecule has 12 heavy (non-hydrogen) atoms. The Labute approximate surface area is 70.0 Å². The first-order valence-corrected chi connectivity index (χ1v) is 3.50. The molecule has 5 heteroatoms. The molecular formula is C7H12O5. The standard InChI is InChI=1S/C7H12O5/c1-5(2-8)12-7(4-10)6(11)3-9/h2-3,5-7,10-11H,4H2,1H3. The maximum Gasteiger partial charge on any atom is 0.151 e. The number of aliphatic hydroxyl groups is 2. The van der Waals surface area contributed by atoms with Gasteiger partial charge in [-0.1, -0.05) is 0 Å². The van der Waals surface area contributed by atoms with Gasteiger partial charge >= 0.3 is 0 Å². The van der Waals surface area contributed by atoms with Gasteiger partial charge in [0.2, 0.25) is 0 Å². The molecule has 70 valence electrons. The van der Waals surface area contributed by atoms with Crippen molar-refractivity contribution in [2.24, 2.45) is 0 Å². The van der Waals surface area contributed by atoms with Crippen molar-refractivity contribution >= 4 is 12.6 Å². The molecule has 0 aromatic carbocycles. The Hall–Kier alpha value is -0.780. The first-order chi connectivity index (χ1) is 5.65. The zero-order valence-corrected chi connectivity index (χ0v) is 6.71. The molecular weight excluding hydrogens is 164 g/mol. The summed E-state index contributed by atoms with van der Waals surface area (Å²) in [5.41, 5.74) is 0. The largest absolute Gasteiger partial charge is 0.394 e. The van der Waals surface area contributed by atoms with Crippen LogP contribution in [0.5, 0.6) is 0 Å². The molecule has 0 saturated carbocycles. The Bertz CT molecular complexity index is 147. The fourth-order valence-electron chi connectivity index (χ4n) is 0.627. The Morgan fingerprint density at radius 2 is 2.00 bits per heavy atom. The minimum Gasteiger partial charge on any atom is -0.394 e. The lowest BCUT2D eigenvalue weighted by Crippen LogP contribution is -2.36. The SMILES string of the molecule is CC(C=O)OC(CO)C(O)C=O. The molecule has 3 atom stereocenters. The van der Waals surface area contributed by atoms with Gasteiger partial charge in [-0.15, -0.1) is 0 Å². The summed E-state index contributed by atoms with van der Waals surface area (Å²) >= 11 is 0. The molecule has 0 fully saturated rings. The summed E-state index contributed by atoms with van der Waals surface area (Å²) in [6.45, 7) is 0.950. The van der Waals surface area contributed by atoms with E-state index in [1.165, 1.54) is 6.92 Å². The van der Waals surface area contributed by atoms with Crippen molar-refractivity contribution in [3.05, 3.63) is 0 Å². The van der Waals surface area contributed by atoms with Gasteiger partial charge in [0, 0.05) is 0 Å². The van der Waals surface area contributed by atoms with E-state index in [0.29, 0.717) is 6.29 Å². The number of hydrogen-bond acceptors (Lipinski definition) is 5. The van der Waals surface area contributed by atoms with E-state index in [4.69, 9.17) is 14.9 Å². The summed E-state index contributed by atoms with van der Waals surface area (Å²) in [4.78, 5) is 20.1. The summed E-state index contributed by atoms with van der Waals surface area (Å²) in [7, 11) is 0. The van der Waals surface area contributed by atoms with Crippen LogP contribution in [-0.2, 0) is 14.3 Å². The second-order valence-corrected chi connectivity index (χ2v) is 2.32. The smallest absolute Gasteiger partial charge is 0.151 e. The number of hydrogen-bond donors (Lipinski definition) is 2. The van der Waals surface area contributed by atoms with Gasteiger partial charge in [0.15, 0.2) is 6.29 Å². The van der Waals surface area contributed by atoms with Crippen LogP contribution in [0.15, 0.2) is 0 Å². The highest BCUT2D eigenvalue weighted by Gasteiger charge is 2.20. The van der Waals surface area contributed by atoms with Gasteiger partial charge in [0.25, 0.3) is 0 Å². The van der Waals surface area contributed by atoms with Crippen LogP contribution in [0.1, 0.15) is 6.92 Å². The fourth-order valence-corrected chi connectivity index (χ4v) is 0.627. The lowest BCUT2D eigenvalue weighted by atomic mass is 10.2. The quantitative estimate of drug-likeness (QED) is 0.482. The summed E-state index contributed by atoms with van der Waals surface area (Å²) in [6.07, 6.45) is -2.39. The second kappa shape index (κ2) is 5.82. The number of ether oxygens (including phenoxy) is 1. The maximum atomic E-state index is 10.1. The Morgan fingerprint density at radius 3 is 2.33 bits per heavy atom. The molecule has 0 rings (SSSR count). The van der Waals surface area contributed by atoms with Crippen LogP contribution in [0.25, 0.3) is 0 Å². The van der Waals surface area contributed by atoms with Crippen LogP contribution in [0.3, 0.4) is 0 Å². The highest BCUT2D eigenvalue weighted by Crippen LogP contribution is 2.00. The number of aldehydes is 2. The molecule has 0 aliphatic heterocycles. The van der Waals surface area contributed by atoms with E-state index >= 15 is 0 Å². The number of carbonyl (C=O) groups excluding carboxylic acids is 2. The monoisotopic (exact) mass is 176 g/mol. The van der Waals surface area contributed by atoms with Crippen molar-refractivity contribution in [2.75, 3.05) is 6.61 Å². The minimum atomic E-state index is -1.39. The average molecular weight is 176 g/mol. The van der Waals surface area contributed by atoms with Gasteiger partial charge in [-0.25, -0.2) is 0 Å². The van der Waals surface area contributed by atoms with Crippen molar-refractivity contribution in [1.82, 2.24) is 0 Å². The van der Waals surface area contributed by atoms with E-state index in [2.05, 4.69) is 0 Å². The van der Waals surface area contributed by atoms with Crippen molar-refractivity contribution in [1.29, 1.82) is 0 Å². The van der Waals surface area contributed by atoms with Crippen molar-refractivity contribution in [3.63, 3.8) is 0 Å². The minimum absolute atomic E-state index is 0.248. The highest BCUT2D eigenvalue weighted by molar-refractivity contribution is 5.57. The molecule has 3 unspecified atom stereocenters. The van der Waals surface area contributed by atoms with E-state index < -0.39 is 24.9 Å². The van der Waals surface area contributed by atoms with Crippen molar-refractivity contribution in [2.45, 2.75) is 25.2 Å². The molecule has 0 amide bonds. The van der Waals surface area contributed by atoms with E-state index in [1.54, 1.807) is 0 Å². The molecule has 0 aromatic rings. The van der Waals surface area contributed by atoms with E-state index in [-0.39, 0.29) is 6.29 Å². The molecule has 0 heterocycles. The van der Waals surface area contributed by atoms with Crippen LogP contribution in [0, 0.1) is 0 Å². The molecule has 0 aliphatic carbocycles. The number of carbonyl (C=O) groups is 2. The Balaban J connectivity index is 3.97. The Morgan fingerprint density at radius 1 is 1.42 bits per heavy atom. The molecule has 2 N–H and O–H groups in total. The third-order valence-corrected chi connectivity index (χ3v) is 1.28. The number of aliphatic hydroxyl groups excluding tert-OH is 2. The van der Waals surface area contributed by atoms with Gasteiger partial charge < -0.3 is 24.5 Å². The van der Waals surface area contributed by atoms with Crippen molar-refractivity contribution in [3.8, 4) is 0 Å². The van der Waals surface area contributed by atoms with Gasteiger partial charge in [0.05, 0.1) is 6.61 Å². The topological polar surface area (TPSA) is 83.8 Å². The van der Waals surface area contributed by atoms with Crippen LogP contribution < -0.4 is 0 Å². The molecule has 0 saturated heterocycles. The van der Waals surface area contributed by atoms with Crippen molar-refractivity contribution < 1.29 is 24.5 Å². The van der Waals surface area contributed by atoms with E-state index in [9.17, 15) is 9.59 Å². The predicted octanol–water partition coefficient (Wildman–Crippen LogP) is -1.49. The first kappa shape index (κ1) is 11.2.